The van der Waals surface area contributed by atoms with Gasteiger partial charge in [-0.3, -0.25) is 0 Å². The third-order valence-electron chi connectivity index (χ3n) is 5.56. The second-order valence-electron chi connectivity index (χ2n) is 7.76. The Bertz CT molecular complexity index is 993. The molecule has 2 aromatic carbocycles. The molecule has 1 aliphatic heterocycles. The Kier molecular flexibility index (Phi) is 5.28. The molecule has 146 valence electrons. The lowest BCUT2D eigenvalue weighted by atomic mass is 9.98. The fourth-order valence-electron chi connectivity index (χ4n) is 3.89. The fraction of sp³-hybridized carbons (Fsp3) is 0.348. The van der Waals surface area contributed by atoms with Gasteiger partial charge in [-0.2, -0.15) is 0 Å². The lowest BCUT2D eigenvalue weighted by Gasteiger charge is -2.34. The van der Waals surface area contributed by atoms with Gasteiger partial charge in [0, 0.05) is 42.8 Å². The molecule has 0 bridgehead atoms. The zero-order chi connectivity index (χ0) is 19.8. The van der Waals surface area contributed by atoms with Crippen LogP contribution in [0, 0.1) is 6.92 Å². The highest BCUT2D eigenvalue weighted by Crippen LogP contribution is 2.34. The molecule has 1 unspecified atom stereocenters. The van der Waals surface area contributed by atoms with Gasteiger partial charge in [-0.1, -0.05) is 29.8 Å². The van der Waals surface area contributed by atoms with E-state index in [-0.39, 0.29) is 0 Å². The maximum Gasteiger partial charge on any atom is 0.137 e. The molecule has 1 fully saturated rings. The van der Waals surface area contributed by atoms with Crippen LogP contribution in [0.5, 0.6) is 0 Å². The number of hydrogen-bond acceptors (Lipinski definition) is 4. The topological polar surface area (TPSA) is 39.6 Å². The predicted octanol–water partition coefficient (Wildman–Crippen LogP) is 4.67. The van der Waals surface area contributed by atoms with Gasteiger partial charge in [0.2, 0.25) is 0 Å². The molecule has 5 heteroatoms. The Morgan fingerprint density at radius 1 is 1.04 bits per heavy atom. The number of nitrogens with zero attached hydrogens (tertiary/aromatic N) is 3. The Labute approximate surface area is 171 Å². The molecule has 1 saturated heterocycles. The van der Waals surface area contributed by atoms with Crippen LogP contribution in [-0.4, -0.2) is 48.2 Å². The largest absolute Gasteiger partial charge is 0.389 e. The summed E-state index contributed by atoms with van der Waals surface area (Å²) in [4.78, 5) is 9.38. The van der Waals surface area contributed by atoms with E-state index in [9.17, 15) is 5.11 Å². The zero-order valence-electron chi connectivity index (χ0n) is 16.6. The molecule has 2 heterocycles. The van der Waals surface area contributed by atoms with Gasteiger partial charge in [-0.05, 0) is 61.9 Å². The average Bonchev–Trinajstić information content (AvgIpc) is 2.67. The first-order valence-corrected chi connectivity index (χ1v) is 10.1. The molecular formula is C23H26ClN3O. The Morgan fingerprint density at radius 2 is 1.71 bits per heavy atom. The van der Waals surface area contributed by atoms with Crippen LogP contribution in [0.1, 0.15) is 24.2 Å². The molecule has 28 heavy (non-hydrogen) atoms. The molecule has 0 aliphatic carbocycles. The first-order valence-electron chi connectivity index (χ1n) is 9.75. The fourth-order valence-corrected chi connectivity index (χ4v) is 4.14. The Hall–Kier alpha value is -2.14. The van der Waals surface area contributed by atoms with Crippen molar-refractivity contribution in [3.63, 3.8) is 0 Å². The van der Waals surface area contributed by atoms with E-state index in [0.717, 1.165) is 59.3 Å². The lowest BCUT2D eigenvalue weighted by Crippen LogP contribution is -2.44. The van der Waals surface area contributed by atoms with Crippen molar-refractivity contribution >= 4 is 28.2 Å². The number of aryl methyl sites for hydroxylation is 1. The van der Waals surface area contributed by atoms with Gasteiger partial charge < -0.3 is 14.9 Å². The minimum absolute atomic E-state index is 0.488. The molecule has 0 radical (unpaired) electrons. The number of piperazine rings is 1. The van der Waals surface area contributed by atoms with Crippen molar-refractivity contribution in [3.05, 3.63) is 58.7 Å². The van der Waals surface area contributed by atoms with E-state index in [1.165, 1.54) is 5.69 Å². The molecule has 4 nitrogen and oxygen atoms in total. The lowest BCUT2D eigenvalue weighted by molar-refractivity contribution is 0.201. The molecule has 1 aliphatic rings. The number of pyridine rings is 1. The van der Waals surface area contributed by atoms with Crippen LogP contribution >= 0.6 is 11.6 Å². The van der Waals surface area contributed by atoms with Crippen molar-refractivity contribution in [1.29, 1.82) is 0 Å². The third-order valence-corrected chi connectivity index (χ3v) is 5.85. The van der Waals surface area contributed by atoms with E-state index in [1.54, 1.807) is 6.92 Å². The summed E-state index contributed by atoms with van der Waals surface area (Å²) in [5.74, 6) is 0. The summed E-state index contributed by atoms with van der Waals surface area (Å²) in [5.41, 5.74) is 5.94. The second kappa shape index (κ2) is 7.70. The maximum atomic E-state index is 10.2. The quantitative estimate of drug-likeness (QED) is 0.654. The van der Waals surface area contributed by atoms with Crippen molar-refractivity contribution in [3.8, 4) is 11.1 Å². The van der Waals surface area contributed by atoms with Crippen LogP contribution < -0.4 is 4.90 Å². The van der Waals surface area contributed by atoms with E-state index in [4.69, 9.17) is 11.6 Å². The van der Waals surface area contributed by atoms with Gasteiger partial charge >= 0.3 is 0 Å². The number of aromatic nitrogens is 1. The number of rotatable bonds is 3. The number of hydrogen-bond donors (Lipinski definition) is 1. The molecule has 3 aromatic rings. The van der Waals surface area contributed by atoms with Crippen LogP contribution in [0.4, 0.5) is 5.69 Å². The summed E-state index contributed by atoms with van der Waals surface area (Å²) in [6, 6.07) is 14.6. The zero-order valence-corrected chi connectivity index (χ0v) is 17.4. The minimum Gasteiger partial charge on any atom is -0.389 e. The molecule has 1 N–H and O–H groups in total. The highest BCUT2D eigenvalue weighted by Gasteiger charge is 2.16. The Balaban J connectivity index is 1.71. The number of benzene rings is 2. The summed E-state index contributed by atoms with van der Waals surface area (Å²) in [7, 11) is 2.16. The van der Waals surface area contributed by atoms with Crippen molar-refractivity contribution in [2.45, 2.75) is 20.0 Å². The van der Waals surface area contributed by atoms with Gasteiger partial charge in [0.05, 0.1) is 11.6 Å². The summed E-state index contributed by atoms with van der Waals surface area (Å²) in [5, 5.41) is 11.6. The molecule has 0 spiro atoms. The average molecular weight is 396 g/mol. The normalized spacial score (nSPS) is 16.5. The van der Waals surface area contributed by atoms with Crippen LogP contribution in [-0.2, 0) is 0 Å². The van der Waals surface area contributed by atoms with Crippen molar-refractivity contribution < 1.29 is 5.11 Å². The van der Waals surface area contributed by atoms with E-state index in [2.05, 4.69) is 52.2 Å². The van der Waals surface area contributed by atoms with Gasteiger partial charge in [-0.15, -0.1) is 0 Å². The van der Waals surface area contributed by atoms with Crippen LogP contribution in [0.15, 0.2) is 42.5 Å². The van der Waals surface area contributed by atoms with Gasteiger partial charge in [0.25, 0.3) is 0 Å². The number of likely N-dealkylation sites (N-methyl/N-ethyl adjacent to an activating group) is 1. The van der Waals surface area contributed by atoms with Crippen LogP contribution in [0.25, 0.3) is 22.0 Å². The molecule has 0 amide bonds. The Morgan fingerprint density at radius 3 is 2.36 bits per heavy atom. The SMILES string of the molecule is Cc1cc(C(C)O)c2cc(-c3ccc(N4CCN(C)CC4)cc3)c(Cl)nc2c1. The third kappa shape index (κ3) is 3.72. The maximum absolute atomic E-state index is 10.2. The summed E-state index contributed by atoms with van der Waals surface area (Å²) >= 11 is 6.54. The van der Waals surface area contributed by atoms with Crippen LogP contribution in [0.3, 0.4) is 0 Å². The molecule has 1 aromatic heterocycles. The van der Waals surface area contributed by atoms with Crippen LogP contribution in [0.2, 0.25) is 5.15 Å². The van der Waals surface area contributed by atoms with Gasteiger partial charge in [0.1, 0.15) is 5.15 Å². The second-order valence-corrected chi connectivity index (χ2v) is 8.12. The monoisotopic (exact) mass is 395 g/mol. The number of fused-ring (bicyclic) bond motifs is 1. The van der Waals surface area contributed by atoms with Crippen molar-refractivity contribution in [2.75, 3.05) is 38.1 Å². The number of halogens is 1. The number of aliphatic hydroxyl groups is 1. The summed E-state index contributed by atoms with van der Waals surface area (Å²) in [6.07, 6.45) is -0.558. The van der Waals surface area contributed by atoms with E-state index in [1.807, 2.05) is 19.1 Å². The van der Waals surface area contributed by atoms with E-state index >= 15 is 0 Å². The standard InChI is InChI=1S/C23H26ClN3O/c1-15-12-19(16(2)28)21-14-20(23(24)25-22(21)13-15)17-4-6-18(7-5-17)27-10-8-26(3)9-11-27/h4-7,12-14,16,28H,8-11H2,1-3H3. The minimum atomic E-state index is -0.558. The number of aliphatic hydroxyl groups excluding tert-OH is 1. The summed E-state index contributed by atoms with van der Waals surface area (Å²) < 4.78 is 0. The number of anilines is 1. The first kappa shape index (κ1) is 19.2. The van der Waals surface area contributed by atoms with E-state index in [0.29, 0.717) is 5.15 Å². The smallest absolute Gasteiger partial charge is 0.137 e. The van der Waals surface area contributed by atoms with Gasteiger partial charge in [-0.25, -0.2) is 4.98 Å². The highest BCUT2D eigenvalue weighted by atomic mass is 35.5. The predicted molar refractivity (Wildman–Crippen MR) is 117 cm³/mol. The molecule has 0 saturated carbocycles. The first-order chi connectivity index (χ1) is 13.4. The highest BCUT2D eigenvalue weighted by molar-refractivity contribution is 6.32. The van der Waals surface area contributed by atoms with Crippen molar-refractivity contribution in [2.24, 2.45) is 0 Å². The van der Waals surface area contributed by atoms with Gasteiger partial charge in [0.15, 0.2) is 0 Å². The molecular weight excluding hydrogens is 370 g/mol. The molecule has 4 rings (SSSR count). The summed E-state index contributed by atoms with van der Waals surface area (Å²) in [6.45, 7) is 8.06. The van der Waals surface area contributed by atoms with E-state index < -0.39 is 6.10 Å². The van der Waals surface area contributed by atoms with Crippen molar-refractivity contribution in [1.82, 2.24) is 9.88 Å². The molecule has 1 atom stereocenters.